The number of carboxylic acids is 2. The predicted molar refractivity (Wildman–Crippen MR) is 107 cm³/mol. The van der Waals surface area contributed by atoms with E-state index in [-0.39, 0.29) is 35.2 Å². The van der Waals surface area contributed by atoms with E-state index in [9.17, 15) is 23.9 Å². The summed E-state index contributed by atoms with van der Waals surface area (Å²) < 4.78 is 16.0. The lowest BCUT2D eigenvalue weighted by Crippen LogP contribution is -2.20. The lowest BCUT2D eigenvalue weighted by Gasteiger charge is -2.18. The van der Waals surface area contributed by atoms with Crippen LogP contribution in [-0.2, 0) is 4.79 Å². The van der Waals surface area contributed by atoms with Gasteiger partial charge in [-0.15, -0.1) is 0 Å². The first-order valence-corrected chi connectivity index (χ1v) is 8.70. The molecule has 0 spiro atoms. The van der Waals surface area contributed by atoms with Crippen molar-refractivity contribution in [3.63, 3.8) is 0 Å². The molecular weight excluding hydrogens is 405 g/mol. The van der Waals surface area contributed by atoms with Crippen LogP contribution >= 0.6 is 11.6 Å². The molecule has 5 N–H and O–H groups in total. The second-order valence-electron chi connectivity index (χ2n) is 6.14. The summed E-state index contributed by atoms with van der Waals surface area (Å²) in [4.78, 5) is 34.8. The molecule has 0 fully saturated rings. The van der Waals surface area contributed by atoms with Crippen molar-refractivity contribution in [2.45, 2.75) is 6.42 Å². The fourth-order valence-corrected chi connectivity index (χ4v) is 3.05. The van der Waals surface area contributed by atoms with Crippen LogP contribution in [0.5, 0.6) is 0 Å². The second-order valence-corrected chi connectivity index (χ2v) is 6.57. The Labute approximate surface area is 167 Å². The van der Waals surface area contributed by atoms with Crippen LogP contribution in [0, 0.1) is 5.82 Å². The topological polar surface area (TPSA) is 135 Å². The molecule has 0 unspecified atom stereocenters. The lowest BCUT2D eigenvalue weighted by atomic mass is 10.1. The molecular formula is C19H15ClFN3O5. The highest BCUT2D eigenvalue weighted by Gasteiger charge is 2.21. The molecule has 0 saturated carbocycles. The number of nitrogens with zero attached hydrogens (tertiary/aromatic N) is 1. The number of anilines is 2. The van der Waals surface area contributed by atoms with Crippen molar-refractivity contribution in [3.05, 3.63) is 63.2 Å². The molecule has 0 bridgehead atoms. The third-order valence-corrected chi connectivity index (χ3v) is 4.51. The molecule has 29 heavy (non-hydrogen) atoms. The molecule has 0 amide bonds. The number of aliphatic carboxylic acids is 1. The summed E-state index contributed by atoms with van der Waals surface area (Å²) in [6, 6.07) is 7.17. The third kappa shape index (κ3) is 3.85. The number of pyridine rings is 1. The highest BCUT2D eigenvalue weighted by molar-refractivity contribution is 6.30. The minimum atomic E-state index is -1.47. The number of nitrogen functional groups attached to an aromatic ring is 1. The SMILES string of the molecule is Nc1c(NCCC(=O)O)c(F)cc2c(=O)c(C(=O)O)cn(-c3ccc(Cl)cc3)c12. The van der Waals surface area contributed by atoms with Gasteiger partial charge < -0.3 is 25.8 Å². The molecule has 150 valence electrons. The summed E-state index contributed by atoms with van der Waals surface area (Å²) in [5.74, 6) is -3.45. The number of benzene rings is 2. The van der Waals surface area contributed by atoms with Crippen LogP contribution in [0.1, 0.15) is 16.8 Å². The number of halogens is 2. The Balaban J connectivity index is 2.33. The fraction of sp³-hybridized carbons (Fsp3) is 0.105. The molecule has 10 heteroatoms. The first-order valence-electron chi connectivity index (χ1n) is 8.33. The number of carbonyl (C=O) groups is 2. The Kier molecular flexibility index (Phi) is 5.42. The molecule has 0 radical (unpaired) electrons. The highest BCUT2D eigenvalue weighted by atomic mass is 35.5. The van der Waals surface area contributed by atoms with Crippen molar-refractivity contribution in [2.75, 3.05) is 17.6 Å². The zero-order chi connectivity index (χ0) is 21.3. The maximum atomic E-state index is 14.6. The van der Waals surface area contributed by atoms with E-state index in [1.807, 2.05) is 0 Å². The first-order chi connectivity index (χ1) is 13.7. The van der Waals surface area contributed by atoms with E-state index < -0.39 is 28.7 Å². The van der Waals surface area contributed by atoms with Gasteiger partial charge in [-0.1, -0.05) is 11.6 Å². The summed E-state index contributed by atoms with van der Waals surface area (Å²) in [7, 11) is 0. The van der Waals surface area contributed by atoms with Gasteiger partial charge in [-0.05, 0) is 30.3 Å². The summed E-state index contributed by atoms with van der Waals surface area (Å²) in [6.45, 7) is -0.0969. The van der Waals surface area contributed by atoms with Gasteiger partial charge in [0.15, 0.2) is 0 Å². The van der Waals surface area contributed by atoms with Crippen molar-refractivity contribution in [2.24, 2.45) is 0 Å². The molecule has 2 aromatic carbocycles. The third-order valence-electron chi connectivity index (χ3n) is 4.25. The number of aromatic nitrogens is 1. The van der Waals surface area contributed by atoms with E-state index in [2.05, 4.69) is 5.32 Å². The summed E-state index contributed by atoms with van der Waals surface area (Å²) in [5, 5.41) is 21.0. The van der Waals surface area contributed by atoms with Gasteiger partial charge in [0.05, 0.1) is 28.7 Å². The Morgan fingerprint density at radius 1 is 1.21 bits per heavy atom. The van der Waals surface area contributed by atoms with Crippen molar-refractivity contribution >= 4 is 45.8 Å². The summed E-state index contributed by atoms with van der Waals surface area (Å²) in [6.07, 6.45) is 0.824. The Bertz CT molecular complexity index is 1190. The molecule has 1 heterocycles. The average Bonchev–Trinajstić information content (AvgIpc) is 2.65. The number of hydrogen-bond donors (Lipinski definition) is 4. The van der Waals surface area contributed by atoms with E-state index in [0.717, 1.165) is 12.3 Å². The normalized spacial score (nSPS) is 10.8. The zero-order valence-corrected chi connectivity index (χ0v) is 15.5. The monoisotopic (exact) mass is 419 g/mol. The highest BCUT2D eigenvalue weighted by Crippen LogP contribution is 2.32. The molecule has 0 aliphatic carbocycles. The molecule has 3 rings (SSSR count). The van der Waals surface area contributed by atoms with Crippen molar-refractivity contribution in [3.8, 4) is 5.69 Å². The lowest BCUT2D eigenvalue weighted by molar-refractivity contribution is -0.136. The van der Waals surface area contributed by atoms with Gasteiger partial charge in [0.1, 0.15) is 11.4 Å². The minimum Gasteiger partial charge on any atom is -0.481 e. The molecule has 0 atom stereocenters. The fourth-order valence-electron chi connectivity index (χ4n) is 2.92. The van der Waals surface area contributed by atoms with Crippen LogP contribution in [0.4, 0.5) is 15.8 Å². The number of rotatable bonds is 6. The first kappa shape index (κ1) is 20.2. The van der Waals surface area contributed by atoms with Gasteiger partial charge >= 0.3 is 11.9 Å². The smallest absolute Gasteiger partial charge is 0.341 e. The Morgan fingerprint density at radius 3 is 2.45 bits per heavy atom. The molecule has 0 saturated heterocycles. The maximum absolute atomic E-state index is 14.6. The van der Waals surface area contributed by atoms with Crippen molar-refractivity contribution < 1.29 is 24.2 Å². The molecule has 0 aliphatic heterocycles. The minimum absolute atomic E-state index is 0.0848. The van der Waals surface area contributed by atoms with Gasteiger partial charge in [0, 0.05) is 23.5 Å². The number of carboxylic acid groups (broad SMARTS) is 2. The maximum Gasteiger partial charge on any atom is 0.341 e. The quantitative estimate of drug-likeness (QED) is 0.451. The molecule has 0 aliphatic rings. The van der Waals surface area contributed by atoms with Gasteiger partial charge in [-0.2, -0.15) is 0 Å². The molecule has 3 aromatic rings. The predicted octanol–water partition coefficient (Wildman–Crippen LogP) is 2.95. The van der Waals surface area contributed by atoms with Crippen LogP contribution in [0.3, 0.4) is 0 Å². The van der Waals surface area contributed by atoms with Crippen LogP contribution in [0.25, 0.3) is 16.6 Å². The van der Waals surface area contributed by atoms with E-state index in [1.54, 1.807) is 24.3 Å². The number of hydrogen-bond acceptors (Lipinski definition) is 5. The largest absolute Gasteiger partial charge is 0.481 e. The Hall–Kier alpha value is -3.59. The van der Waals surface area contributed by atoms with E-state index in [0.29, 0.717) is 10.7 Å². The van der Waals surface area contributed by atoms with Crippen LogP contribution < -0.4 is 16.5 Å². The van der Waals surface area contributed by atoms with Crippen LogP contribution in [0.15, 0.2) is 41.3 Å². The van der Waals surface area contributed by atoms with E-state index in [4.69, 9.17) is 22.4 Å². The molecule has 1 aromatic heterocycles. The number of aromatic carboxylic acids is 1. The summed E-state index contributed by atoms with van der Waals surface area (Å²) >= 11 is 5.90. The van der Waals surface area contributed by atoms with Crippen molar-refractivity contribution in [1.82, 2.24) is 4.57 Å². The van der Waals surface area contributed by atoms with Gasteiger partial charge in [-0.25, -0.2) is 9.18 Å². The average molecular weight is 420 g/mol. The second kappa shape index (κ2) is 7.80. The van der Waals surface area contributed by atoms with Crippen LogP contribution in [-0.4, -0.2) is 33.3 Å². The van der Waals surface area contributed by atoms with Gasteiger partial charge in [-0.3, -0.25) is 9.59 Å². The standard InChI is InChI=1S/C19H15ClFN3O5/c20-9-1-3-10(4-2-9)24-8-12(19(28)29)18(27)11-7-13(21)16(15(22)17(11)24)23-6-5-14(25)26/h1-4,7-8,23H,5-6,22H2,(H,25,26)(H,28,29). The summed E-state index contributed by atoms with van der Waals surface area (Å²) in [5.41, 5.74) is 4.86. The van der Waals surface area contributed by atoms with Gasteiger partial charge in [0.25, 0.3) is 0 Å². The van der Waals surface area contributed by atoms with Crippen molar-refractivity contribution in [1.29, 1.82) is 0 Å². The van der Waals surface area contributed by atoms with Crippen LogP contribution in [0.2, 0.25) is 5.02 Å². The number of nitrogens with one attached hydrogen (secondary N) is 1. The van der Waals surface area contributed by atoms with E-state index >= 15 is 0 Å². The zero-order valence-electron chi connectivity index (χ0n) is 14.8. The van der Waals surface area contributed by atoms with E-state index in [1.165, 1.54) is 4.57 Å². The Morgan fingerprint density at radius 2 is 1.86 bits per heavy atom. The number of nitrogens with two attached hydrogens (primary N) is 1. The number of fused-ring (bicyclic) bond motifs is 1. The van der Waals surface area contributed by atoms with Gasteiger partial charge in [0.2, 0.25) is 5.43 Å². The molecule has 8 nitrogen and oxygen atoms in total.